The van der Waals surface area contributed by atoms with E-state index in [0.717, 1.165) is 12.1 Å². The number of ether oxygens (including phenoxy) is 1. The van der Waals surface area contributed by atoms with Crippen LogP contribution in [0.15, 0.2) is 36.9 Å². The molecule has 2 nitrogen and oxygen atoms in total. The van der Waals surface area contributed by atoms with Gasteiger partial charge in [-0.15, -0.1) is 19.8 Å². The van der Waals surface area contributed by atoms with Crippen molar-refractivity contribution in [1.82, 2.24) is 0 Å². The molecule has 1 aromatic rings. The Morgan fingerprint density at radius 1 is 1.40 bits per heavy atom. The first-order valence-electron chi connectivity index (χ1n) is 4.09. The maximum atomic E-state index is 11.9. The lowest BCUT2D eigenvalue weighted by Gasteiger charge is -2.11. The fraction of sp³-hybridized carbons (Fsp3) is 0.200. The van der Waals surface area contributed by atoms with Gasteiger partial charge in [0.2, 0.25) is 0 Å². The summed E-state index contributed by atoms with van der Waals surface area (Å²) in [6.45, 7) is 3.33. The van der Waals surface area contributed by atoms with E-state index in [2.05, 4.69) is 11.3 Å². The molecule has 1 rings (SSSR count). The topological polar surface area (TPSA) is 29.5 Å². The molecule has 1 unspecified atom stereocenters. The third-order valence-corrected chi connectivity index (χ3v) is 1.66. The Morgan fingerprint density at radius 3 is 2.60 bits per heavy atom. The van der Waals surface area contributed by atoms with Crippen molar-refractivity contribution in [3.05, 3.63) is 42.5 Å². The van der Waals surface area contributed by atoms with Crippen molar-refractivity contribution in [2.45, 2.75) is 12.5 Å². The van der Waals surface area contributed by atoms with Gasteiger partial charge >= 0.3 is 6.36 Å². The first kappa shape index (κ1) is 11.6. The predicted molar refractivity (Wildman–Crippen MR) is 48.3 cm³/mol. The molecule has 1 aromatic carbocycles. The van der Waals surface area contributed by atoms with Crippen LogP contribution in [-0.2, 0) is 0 Å². The average Bonchev–Trinajstić information content (AvgIpc) is 2.14. The summed E-state index contributed by atoms with van der Waals surface area (Å²) in [4.78, 5) is 0. The monoisotopic (exact) mass is 218 g/mol. The van der Waals surface area contributed by atoms with Crippen molar-refractivity contribution in [2.75, 3.05) is 0 Å². The second-order valence-electron chi connectivity index (χ2n) is 2.80. The van der Waals surface area contributed by atoms with Crippen LogP contribution >= 0.6 is 0 Å². The number of hydrogen-bond acceptors (Lipinski definition) is 2. The van der Waals surface area contributed by atoms with E-state index < -0.39 is 12.5 Å². The molecule has 15 heavy (non-hydrogen) atoms. The Balaban J connectivity index is 2.88. The van der Waals surface area contributed by atoms with Gasteiger partial charge in [-0.1, -0.05) is 18.2 Å². The zero-order chi connectivity index (χ0) is 11.5. The number of aliphatic hydroxyl groups is 1. The molecule has 0 aromatic heterocycles. The number of aliphatic hydroxyl groups excluding tert-OH is 1. The maximum Gasteiger partial charge on any atom is 0.573 e. The summed E-state index contributed by atoms with van der Waals surface area (Å²) < 4.78 is 39.2. The fourth-order valence-electron chi connectivity index (χ4n) is 1.03. The molecule has 82 valence electrons. The molecule has 0 saturated heterocycles. The van der Waals surface area contributed by atoms with Gasteiger partial charge in [-0.05, 0) is 17.7 Å². The maximum absolute atomic E-state index is 11.9. The highest BCUT2D eigenvalue weighted by Gasteiger charge is 2.31. The third-order valence-electron chi connectivity index (χ3n) is 1.66. The average molecular weight is 218 g/mol. The normalized spacial score (nSPS) is 13.3. The third kappa shape index (κ3) is 3.63. The number of rotatable bonds is 3. The van der Waals surface area contributed by atoms with E-state index in [1.54, 1.807) is 0 Å². The second-order valence-corrected chi connectivity index (χ2v) is 2.80. The molecule has 0 aliphatic heterocycles. The highest BCUT2D eigenvalue weighted by molar-refractivity contribution is 5.31. The summed E-state index contributed by atoms with van der Waals surface area (Å²) in [6, 6.07) is 5.12. The van der Waals surface area contributed by atoms with Crippen molar-refractivity contribution in [3.8, 4) is 5.75 Å². The summed E-state index contributed by atoms with van der Waals surface area (Å²) >= 11 is 0. The summed E-state index contributed by atoms with van der Waals surface area (Å²) in [7, 11) is 0. The molecule has 0 radical (unpaired) electrons. The van der Waals surface area contributed by atoms with Crippen molar-refractivity contribution in [1.29, 1.82) is 0 Å². The highest BCUT2D eigenvalue weighted by Crippen LogP contribution is 2.25. The lowest BCUT2D eigenvalue weighted by atomic mass is 10.1. The zero-order valence-electron chi connectivity index (χ0n) is 7.66. The Kier molecular flexibility index (Phi) is 3.36. The summed E-state index contributed by atoms with van der Waals surface area (Å²) in [6.07, 6.45) is -4.51. The van der Waals surface area contributed by atoms with Gasteiger partial charge in [-0.2, -0.15) is 0 Å². The van der Waals surface area contributed by atoms with Crippen molar-refractivity contribution in [3.63, 3.8) is 0 Å². The van der Waals surface area contributed by atoms with Crippen LogP contribution in [0.4, 0.5) is 13.2 Å². The molecule has 0 saturated carbocycles. The van der Waals surface area contributed by atoms with Gasteiger partial charge in [0.15, 0.2) is 0 Å². The van der Waals surface area contributed by atoms with Gasteiger partial charge in [0.25, 0.3) is 0 Å². The minimum absolute atomic E-state index is 0.298. The van der Waals surface area contributed by atoms with Crippen LogP contribution in [0.2, 0.25) is 0 Å². The Morgan fingerprint density at radius 2 is 2.07 bits per heavy atom. The smallest absolute Gasteiger partial charge is 0.406 e. The molecule has 0 spiro atoms. The Labute approximate surface area is 84.6 Å². The van der Waals surface area contributed by atoms with E-state index in [4.69, 9.17) is 0 Å². The fourth-order valence-corrected chi connectivity index (χ4v) is 1.03. The van der Waals surface area contributed by atoms with Crippen LogP contribution in [0.1, 0.15) is 11.7 Å². The molecule has 0 heterocycles. The van der Waals surface area contributed by atoms with Crippen LogP contribution in [0.5, 0.6) is 5.75 Å². The number of halogens is 3. The molecule has 0 fully saturated rings. The lowest BCUT2D eigenvalue weighted by Crippen LogP contribution is -2.17. The minimum atomic E-state index is -4.72. The van der Waals surface area contributed by atoms with Gasteiger partial charge < -0.3 is 9.84 Å². The molecular formula is C10H9F3O2. The molecule has 1 N–H and O–H groups in total. The Hall–Kier alpha value is -1.49. The zero-order valence-corrected chi connectivity index (χ0v) is 7.66. The molecule has 0 aliphatic rings. The standard InChI is InChI=1S/C10H9F3O2/c1-2-9(14)7-4-3-5-8(6-7)15-10(11,12)13/h2-6,9,14H,1H2. The van der Waals surface area contributed by atoms with Crippen molar-refractivity contribution >= 4 is 0 Å². The van der Waals surface area contributed by atoms with Crippen LogP contribution in [0.3, 0.4) is 0 Å². The molecule has 0 bridgehead atoms. The molecule has 0 aliphatic carbocycles. The summed E-state index contributed by atoms with van der Waals surface area (Å²) in [5, 5.41) is 9.30. The number of benzene rings is 1. The number of hydrogen-bond donors (Lipinski definition) is 1. The molecule has 5 heteroatoms. The van der Waals surface area contributed by atoms with Gasteiger partial charge in [0.1, 0.15) is 5.75 Å². The van der Waals surface area contributed by atoms with Crippen LogP contribution in [0, 0.1) is 0 Å². The van der Waals surface area contributed by atoms with Gasteiger partial charge in [-0.25, -0.2) is 0 Å². The highest BCUT2D eigenvalue weighted by atomic mass is 19.4. The van der Waals surface area contributed by atoms with E-state index in [1.165, 1.54) is 18.2 Å². The first-order chi connectivity index (χ1) is 6.92. The summed E-state index contributed by atoms with van der Waals surface area (Å²) in [5.41, 5.74) is 0.298. The first-order valence-corrected chi connectivity index (χ1v) is 4.09. The van der Waals surface area contributed by atoms with Crippen molar-refractivity contribution in [2.24, 2.45) is 0 Å². The quantitative estimate of drug-likeness (QED) is 0.790. The second kappa shape index (κ2) is 4.35. The van der Waals surface area contributed by atoms with Gasteiger partial charge in [0, 0.05) is 0 Å². The largest absolute Gasteiger partial charge is 0.573 e. The molecular weight excluding hydrogens is 209 g/mol. The Bertz CT molecular complexity index is 347. The van der Waals surface area contributed by atoms with E-state index in [9.17, 15) is 18.3 Å². The predicted octanol–water partition coefficient (Wildman–Crippen LogP) is 2.80. The number of alkyl halides is 3. The van der Waals surface area contributed by atoms with E-state index >= 15 is 0 Å². The van der Waals surface area contributed by atoms with E-state index in [1.807, 2.05) is 0 Å². The van der Waals surface area contributed by atoms with Gasteiger partial charge in [-0.3, -0.25) is 0 Å². The van der Waals surface area contributed by atoms with Crippen molar-refractivity contribution < 1.29 is 23.0 Å². The lowest BCUT2D eigenvalue weighted by molar-refractivity contribution is -0.274. The van der Waals surface area contributed by atoms with Crippen LogP contribution in [0.25, 0.3) is 0 Å². The van der Waals surface area contributed by atoms with E-state index in [-0.39, 0.29) is 5.75 Å². The van der Waals surface area contributed by atoms with E-state index in [0.29, 0.717) is 5.56 Å². The molecule has 1 atom stereocenters. The minimum Gasteiger partial charge on any atom is -0.406 e. The summed E-state index contributed by atoms with van der Waals surface area (Å²) in [5.74, 6) is -0.360. The van der Waals surface area contributed by atoms with Crippen LogP contribution in [-0.4, -0.2) is 11.5 Å². The molecule has 0 amide bonds. The van der Waals surface area contributed by atoms with Crippen LogP contribution < -0.4 is 4.74 Å². The SMILES string of the molecule is C=CC(O)c1cccc(OC(F)(F)F)c1. The van der Waals surface area contributed by atoms with Gasteiger partial charge in [0.05, 0.1) is 6.10 Å².